The van der Waals surface area contributed by atoms with Crippen LogP contribution in [-0.2, 0) is 5.33 Å². The van der Waals surface area contributed by atoms with Crippen LogP contribution in [-0.4, -0.2) is 4.98 Å². The summed E-state index contributed by atoms with van der Waals surface area (Å²) >= 11 is 8.18. The molecule has 0 N–H and O–H groups in total. The van der Waals surface area contributed by atoms with Gasteiger partial charge in [0.25, 0.3) is 6.43 Å². The highest BCUT2D eigenvalue weighted by molar-refractivity contribution is 14.1. The molecule has 6 heteroatoms. The summed E-state index contributed by atoms with van der Waals surface area (Å²) in [5.74, 6) is 0. The molecule has 0 unspecified atom stereocenters. The van der Waals surface area contributed by atoms with Crippen LogP contribution in [0, 0.1) is 3.70 Å². The molecule has 0 aromatic carbocycles. The molecule has 13 heavy (non-hydrogen) atoms. The highest BCUT2D eigenvalue weighted by Crippen LogP contribution is 2.29. The van der Waals surface area contributed by atoms with Crippen LogP contribution in [0.5, 0.6) is 0 Å². The average molecular weight is 427 g/mol. The van der Waals surface area contributed by atoms with Crippen LogP contribution >= 0.6 is 54.5 Å². The number of pyridine rings is 1. The third-order valence-corrected chi connectivity index (χ3v) is 3.31. The van der Waals surface area contributed by atoms with Crippen molar-refractivity contribution in [3.8, 4) is 0 Å². The van der Waals surface area contributed by atoms with Gasteiger partial charge in [-0.25, -0.2) is 13.8 Å². The molecule has 1 aromatic heterocycles. The Bertz CT molecular complexity index is 320. The van der Waals surface area contributed by atoms with Crippen LogP contribution in [0.4, 0.5) is 8.78 Å². The van der Waals surface area contributed by atoms with Gasteiger partial charge in [-0.05, 0) is 44.6 Å². The molecule has 0 aliphatic carbocycles. The van der Waals surface area contributed by atoms with E-state index in [0.717, 1.165) is 0 Å². The van der Waals surface area contributed by atoms with Crippen molar-refractivity contribution in [1.29, 1.82) is 0 Å². The lowest BCUT2D eigenvalue weighted by molar-refractivity contribution is 0.150. The number of halogens is 5. The molecular weight excluding hydrogens is 423 g/mol. The van der Waals surface area contributed by atoms with Gasteiger partial charge < -0.3 is 0 Å². The molecule has 1 aromatic rings. The SMILES string of the molecule is FC(F)c1cc(Br)nc(I)c1CBr. The minimum atomic E-state index is -2.46. The number of rotatable bonds is 2. The third-order valence-electron chi connectivity index (χ3n) is 1.45. The van der Waals surface area contributed by atoms with Crippen LogP contribution in [0.15, 0.2) is 10.7 Å². The fraction of sp³-hybridized carbons (Fsp3) is 0.286. The number of nitrogens with zero attached hydrogens (tertiary/aromatic N) is 1. The first-order valence-electron chi connectivity index (χ1n) is 3.25. The van der Waals surface area contributed by atoms with Crippen LogP contribution in [0.3, 0.4) is 0 Å². The fourth-order valence-electron chi connectivity index (χ4n) is 0.855. The molecule has 0 amide bonds. The highest BCUT2D eigenvalue weighted by Gasteiger charge is 2.16. The van der Waals surface area contributed by atoms with Gasteiger partial charge in [0, 0.05) is 16.5 Å². The Morgan fingerprint density at radius 1 is 1.54 bits per heavy atom. The van der Waals surface area contributed by atoms with Gasteiger partial charge in [0.05, 0.1) is 0 Å². The Morgan fingerprint density at radius 2 is 2.15 bits per heavy atom. The zero-order valence-corrected chi connectivity index (χ0v) is 11.5. The van der Waals surface area contributed by atoms with Gasteiger partial charge in [-0.15, -0.1) is 0 Å². The number of alkyl halides is 3. The zero-order valence-electron chi connectivity index (χ0n) is 6.20. The van der Waals surface area contributed by atoms with E-state index < -0.39 is 6.43 Å². The summed E-state index contributed by atoms with van der Waals surface area (Å²) in [5, 5.41) is 0.394. The largest absolute Gasteiger partial charge is 0.264 e. The second-order valence-corrected chi connectivity index (χ2v) is 4.63. The molecule has 0 atom stereocenters. The molecule has 0 bridgehead atoms. The zero-order chi connectivity index (χ0) is 10.0. The van der Waals surface area contributed by atoms with Crippen LogP contribution in [0.2, 0.25) is 0 Å². The van der Waals surface area contributed by atoms with E-state index in [0.29, 0.717) is 19.2 Å². The molecule has 0 aliphatic rings. The van der Waals surface area contributed by atoms with Crippen LogP contribution in [0.1, 0.15) is 17.6 Å². The number of aromatic nitrogens is 1. The Hall–Kier alpha value is 0.700. The number of hydrogen-bond acceptors (Lipinski definition) is 1. The van der Waals surface area contributed by atoms with E-state index >= 15 is 0 Å². The Morgan fingerprint density at radius 3 is 2.62 bits per heavy atom. The lowest BCUT2D eigenvalue weighted by Crippen LogP contribution is -1.98. The maximum Gasteiger partial charge on any atom is 0.264 e. The second kappa shape index (κ2) is 4.97. The van der Waals surface area contributed by atoms with Gasteiger partial charge in [0.15, 0.2) is 0 Å². The molecule has 1 heterocycles. The fourth-order valence-corrected chi connectivity index (χ4v) is 3.49. The average Bonchev–Trinajstić information content (AvgIpc) is 2.02. The van der Waals surface area contributed by atoms with Gasteiger partial charge >= 0.3 is 0 Å². The first-order chi connectivity index (χ1) is 6.06. The van der Waals surface area contributed by atoms with Crippen molar-refractivity contribution in [1.82, 2.24) is 4.98 Å². The predicted molar refractivity (Wildman–Crippen MR) is 62.2 cm³/mol. The van der Waals surface area contributed by atoms with E-state index in [9.17, 15) is 8.78 Å². The summed E-state index contributed by atoms with van der Waals surface area (Å²) < 4.78 is 26.0. The molecule has 0 radical (unpaired) electrons. The van der Waals surface area contributed by atoms with Gasteiger partial charge in [-0.3, -0.25) is 0 Å². The summed E-state index contributed by atoms with van der Waals surface area (Å²) in [6.45, 7) is 0. The van der Waals surface area contributed by atoms with Gasteiger partial charge in [0.2, 0.25) is 0 Å². The highest BCUT2D eigenvalue weighted by atomic mass is 127. The Balaban J connectivity index is 3.29. The van der Waals surface area contributed by atoms with Crippen molar-refractivity contribution in [2.45, 2.75) is 11.8 Å². The van der Waals surface area contributed by atoms with Gasteiger partial charge in [0.1, 0.15) is 8.30 Å². The van der Waals surface area contributed by atoms with Gasteiger partial charge in [-0.1, -0.05) is 15.9 Å². The first-order valence-corrected chi connectivity index (χ1v) is 6.24. The molecule has 0 saturated heterocycles. The maximum absolute atomic E-state index is 12.5. The molecule has 1 nitrogen and oxygen atoms in total. The first kappa shape index (κ1) is 11.8. The van der Waals surface area contributed by atoms with Crippen molar-refractivity contribution >= 4 is 54.5 Å². The minimum Gasteiger partial charge on any atom is -0.235 e. The van der Waals surface area contributed by atoms with Gasteiger partial charge in [-0.2, -0.15) is 0 Å². The molecule has 72 valence electrons. The van der Waals surface area contributed by atoms with E-state index in [1.807, 2.05) is 22.6 Å². The van der Waals surface area contributed by atoms with Crippen molar-refractivity contribution < 1.29 is 8.78 Å². The lowest BCUT2D eigenvalue weighted by Gasteiger charge is -2.08. The van der Waals surface area contributed by atoms with Crippen molar-refractivity contribution in [2.24, 2.45) is 0 Å². The summed E-state index contributed by atoms with van der Waals surface area (Å²) in [4.78, 5) is 4.03. The van der Waals surface area contributed by atoms with E-state index in [4.69, 9.17) is 0 Å². The quantitative estimate of drug-likeness (QED) is 0.391. The topological polar surface area (TPSA) is 12.9 Å². The normalized spacial score (nSPS) is 10.9. The van der Waals surface area contributed by atoms with Crippen molar-refractivity contribution in [3.05, 3.63) is 25.5 Å². The predicted octanol–water partition coefficient (Wildman–Crippen LogP) is 4.28. The molecule has 1 rings (SSSR count). The monoisotopic (exact) mass is 425 g/mol. The smallest absolute Gasteiger partial charge is 0.235 e. The third kappa shape index (κ3) is 2.82. The summed E-state index contributed by atoms with van der Waals surface area (Å²) in [6.07, 6.45) is -2.46. The van der Waals surface area contributed by atoms with Crippen LogP contribution in [0.25, 0.3) is 0 Å². The molecule has 0 spiro atoms. The Labute approximate surface area is 105 Å². The summed E-state index contributed by atoms with van der Waals surface area (Å²) in [6, 6.07) is 1.35. The maximum atomic E-state index is 12.5. The van der Waals surface area contributed by atoms with Crippen molar-refractivity contribution in [2.75, 3.05) is 0 Å². The lowest BCUT2D eigenvalue weighted by atomic mass is 10.2. The molecule has 0 aliphatic heterocycles. The van der Waals surface area contributed by atoms with E-state index in [2.05, 4.69) is 36.8 Å². The summed E-state index contributed by atoms with van der Waals surface area (Å²) in [5.41, 5.74) is 0.585. The number of hydrogen-bond donors (Lipinski definition) is 0. The second-order valence-electron chi connectivity index (χ2n) is 2.24. The molecular formula is C7H4Br2F2IN. The van der Waals surface area contributed by atoms with E-state index in [-0.39, 0.29) is 5.56 Å². The van der Waals surface area contributed by atoms with E-state index in [1.165, 1.54) is 6.07 Å². The van der Waals surface area contributed by atoms with E-state index in [1.54, 1.807) is 0 Å². The Kier molecular flexibility index (Phi) is 4.50. The minimum absolute atomic E-state index is 0.0307. The summed E-state index contributed by atoms with van der Waals surface area (Å²) in [7, 11) is 0. The molecule has 0 fully saturated rings. The van der Waals surface area contributed by atoms with Crippen molar-refractivity contribution in [3.63, 3.8) is 0 Å². The molecule has 0 saturated carbocycles. The van der Waals surface area contributed by atoms with Crippen LogP contribution < -0.4 is 0 Å². The standard InChI is InChI=1S/C7H4Br2F2IN/c8-2-4-3(6(10)11)1-5(9)13-7(4)12/h1,6H,2H2.